The van der Waals surface area contributed by atoms with Gasteiger partial charge in [0.25, 0.3) is 0 Å². The van der Waals surface area contributed by atoms with Gasteiger partial charge in [0.05, 0.1) is 6.21 Å². The first kappa shape index (κ1) is 16.5. The molecule has 0 bridgehead atoms. The quantitative estimate of drug-likeness (QED) is 0.453. The van der Waals surface area contributed by atoms with Crippen LogP contribution < -0.4 is 4.74 Å². The molecule has 4 rings (SSSR count). The lowest BCUT2D eigenvalue weighted by atomic mass is 10.1. The highest BCUT2D eigenvalue weighted by molar-refractivity contribution is 9.10. The first-order valence-corrected chi connectivity index (χ1v) is 8.87. The van der Waals surface area contributed by atoms with Crippen LogP contribution in [0.15, 0.2) is 82.9 Å². The van der Waals surface area contributed by atoms with Gasteiger partial charge >= 0.3 is 0 Å². The summed E-state index contributed by atoms with van der Waals surface area (Å²) >= 11 is 3.49. The van der Waals surface area contributed by atoms with E-state index in [0.29, 0.717) is 6.61 Å². The lowest BCUT2D eigenvalue weighted by Gasteiger charge is -2.11. The highest BCUT2D eigenvalue weighted by atomic mass is 79.9. The van der Waals surface area contributed by atoms with E-state index in [-0.39, 0.29) is 0 Å². The fourth-order valence-electron chi connectivity index (χ4n) is 2.71. The molecule has 0 atom stereocenters. The first-order valence-electron chi connectivity index (χ1n) is 8.07. The van der Waals surface area contributed by atoms with E-state index in [1.54, 1.807) is 6.21 Å². The van der Waals surface area contributed by atoms with Gasteiger partial charge in [0.2, 0.25) is 0 Å². The lowest BCUT2D eigenvalue weighted by molar-refractivity contribution is 0.307. The Hall–Kier alpha value is -2.99. The molecule has 0 aliphatic rings. The maximum absolute atomic E-state index is 6.10. The molecule has 4 aromatic rings. The zero-order valence-electron chi connectivity index (χ0n) is 13.8. The van der Waals surface area contributed by atoms with Gasteiger partial charge < -0.3 is 4.74 Å². The molecule has 0 fully saturated rings. The van der Waals surface area contributed by atoms with E-state index in [0.717, 1.165) is 21.3 Å². The third-order valence-corrected chi connectivity index (χ3v) is 4.46. The van der Waals surface area contributed by atoms with Crippen molar-refractivity contribution in [2.45, 2.75) is 6.61 Å². The predicted octanol–water partition coefficient (Wildman–Crippen LogP) is 4.66. The van der Waals surface area contributed by atoms with Gasteiger partial charge in [0.15, 0.2) is 0 Å². The molecule has 0 aliphatic heterocycles. The summed E-state index contributed by atoms with van der Waals surface area (Å²) in [6.45, 7) is 0.483. The molecule has 0 aliphatic carbocycles. The molecule has 0 spiro atoms. The third kappa shape index (κ3) is 3.65. The summed E-state index contributed by atoms with van der Waals surface area (Å²) in [5, 5.41) is 14.2. The van der Waals surface area contributed by atoms with Crippen LogP contribution in [-0.2, 0) is 6.61 Å². The van der Waals surface area contributed by atoms with Crippen LogP contribution in [0.5, 0.6) is 5.75 Å². The average molecular weight is 407 g/mol. The number of hydrogen-bond acceptors (Lipinski definition) is 4. The molecule has 5 nitrogen and oxygen atoms in total. The molecule has 0 saturated carbocycles. The van der Waals surface area contributed by atoms with Gasteiger partial charge in [-0.3, -0.25) is 0 Å². The van der Waals surface area contributed by atoms with E-state index in [4.69, 9.17) is 4.74 Å². The van der Waals surface area contributed by atoms with Gasteiger partial charge in [-0.2, -0.15) is 5.10 Å². The van der Waals surface area contributed by atoms with Crippen molar-refractivity contribution in [2.75, 3.05) is 0 Å². The topological polar surface area (TPSA) is 52.3 Å². The first-order chi connectivity index (χ1) is 12.8. The van der Waals surface area contributed by atoms with Crippen molar-refractivity contribution in [1.82, 2.24) is 14.9 Å². The molecule has 1 aromatic heterocycles. The monoisotopic (exact) mass is 406 g/mol. The second kappa shape index (κ2) is 7.49. The fourth-order valence-corrected chi connectivity index (χ4v) is 3.09. The minimum atomic E-state index is 0.483. The molecule has 0 unspecified atom stereocenters. The van der Waals surface area contributed by atoms with E-state index in [9.17, 15) is 0 Å². The van der Waals surface area contributed by atoms with E-state index in [2.05, 4.69) is 61.6 Å². The van der Waals surface area contributed by atoms with Gasteiger partial charge in [-0.25, -0.2) is 4.68 Å². The SMILES string of the molecule is Brc1ccc(OCc2cccc3ccccc23)c(/C=N\n2cnnc2)c1. The predicted molar refractivity (Wildman–Crippen MR) is 105 cm³/mol. The molecule has 6 heteroatoms. The Morgan fingerprint density at radius 2 is 1.81 bits per heavy atom. The maximum Gasteiger partial charge on any atom is 0.141 e. The molecule has 128 valence electrons. The Morgan fingerprint density at radius 3 is 2.69 bits per heavy atom. The highest BCUT2D eigenvalue weighted by Crippen LogP contribution is 2.25. The van der Waals surface area contributed by atoms with Crippen LogP contribution in [0, 0.1) is 0 Å². The second-order valence-electron chi connectivity index (χ2n) is 5.70. The normalized spacial score (nSPS) is 11.3. The van der Waals surface area contributed by atoms with Gasteiger partial charge in [-0.15, -0.1) is 10.2 Å². The Bertz CT molecular complexity index is 1060. The van der Waals surface area contributed by atoms with Crippen molar-refractivity contribution >= 4 is 32.9 Å². The molecule has 0 saturated heterocycles. The number of benzene rings is 3. The number of ether oxygens (including phenoxy) is 1. The van der Waals surface area contributed by atoms with Crippen LogP contribution in [-0.4, -0.2) is 21.1 Å². The lowest BCUT2D eigenvalue weighted by Crippen LogP contribution is -2.00. The molecule has 0 amide bonds. The van der Waals surface area contributed by atoms with Crippen LogP contribution in [0.1, 0.15) is 11.1 Å². The summed E-state index contributed by atoms with van der Waals surface area (Å²) in [4.78, 5) is 0. The number of nitrogens with zero attached hydrogens (tertiary/aromatic N) is 4. The molecule has 26 heavy (non-hydrogen) atoms. The highest BCUT2D eigenvalue weighted by Gasteiger charge is 2.06. The van der Waals surface area contributed by atoms with Crippen LogP contribution in [0.4, 0.5) is 0 Å². The van der Waals surface area contributed by atoms with Gasteiger partial charge in [-0.1, -0.05) is 58.4 Å². The van der Waals surface area contributed by atoms with Crippen molar-refractivity contribution in [2.24, 2.45) is 5.10 Å². The standard InChI is InChI=1S/C20H15BrN4O/c21-18-8-9-20(17(10-18)11-24-25-13-22-23-14-25)26-12-16-6-3-5-15-4-1-2-7-19(15)16/h1-11,13-14H,12H2/b24-11-. The van der Waals surface area contributed by atoms with Crippen LogP contribution in [0.2, 0.25) is 0 Å². The molecule has 1 heterocycles. The minimum Gasteiger partial charge on any atom is -0.488 e. The third-order valence-electron chi connectivity index (χ3n) is 3.97. The van der Waals surface area contributed by atoms with E-state index in [1.165, 1.54) is 28.1 Å². The van der Waals surface area contributed by atoms with Gasteiger partial charge in [-0.05, 0) is 34.5 Å². The summed E-state index contributed by atoms with van der Waals surface area (Å²) in [6.07, 6.45) is 4.79. The maximum atomic E-state index is 6.10. The van der Waals surface area contributed by atoms with Gasteiger partial charge in [0, 0.05) is 10.0 Å². The second-order valence-corrected chi connectivity index (χ2v) is 6.61. The zero-order chi connectivity index (χ0) is 17.8. The average Bonchev–Trinajstić information content (AvgIpc) is 3.19. The molecule has 0 radical (unpaired) electrons. The van der Waals surface area contributed by atoms with E-state index < -0.39 is 0 Å². The summed E-state index contributed by atoms with van der Waals surface area (Å²) in [7, 11) is 0. The summed E-state index contributed by atoms with van der Waals surface area (Å²) in [5.74, 6) is 0.762. The van der Waals surface area contributed by atoms with E-state index in [1.807, 2.05) is 30.3 Å². The van der Waals surface area contributed by atoms with Crippen LogP contribution in [0.3, 0.4) is 0 Å². The fraction of sp³-hybridized carbons (Fsp3) is 0.0500. The molecule has 3 aromatic carbocycles. The smallest absolute Gasteiger partial charge is 0.141 e. The van der Waals surface area contributed by atoms with Crippen molar-refractivity contribution < 1.29 is 4.74 Å². The number of halogens is 1. The van der Waals surface area contributed by atoms with Gasteiger partial charge in [0.1, 0.15) is 25.0 Å². The minimum absolute atomic E-state index is 0.483. The van der Waals surface area contributed by atoms with Crippen molar-refractivity contribution in [3.8, 4) is 5.75 Å². The Labute approximate surface area is 159 Å². The van der Waals surface area contributed by atoms with Crippen LogP contribution in [0.25, 0.3) is 10.8 Å². The Balaban J connectivity index is 1.60. The summed E-state index contributed by atoms with van der Waals surface area (Å²) in [6, 6.07) is 20.4. The molecular weight excluding hydrogens is 392 g/mol. The van der Waals surface area contributed by atoms with Crippen LogP contribution >= 0.6 is 15.9 Å². The Kier molecular flexibility index (Phi) is 4.75. The number of fused-ring (bicyclic) bond motifs is 1. The Morgan fingerprint density at radius 1 is 1.00 bits per heavy atom. The van der Waals surface area contributed by atoms with Crippen molar-refractivity contribution in [1.29, 1.82) is 0 Å². The molecule has 0 N–H and O–H groups in total. The number of aromatic nitrogens is 3. The summed E-state index contributed by atoms with van der Waals surface area (Å²) < 4.78 is 8.60. The zero-order valence-corrected chi connectivity index (χ0v) is 15.4. The largest absolute Gasteiger partial charge is 0.488 e. The van der Waals surface area contributed by atoms with Crippen molar-refractivity contribution in [3.63, 3.8) is 0 Å². The summed E-state index contributed by atoms with van der Waals surface area (Å²) in [5.41, 5.74) is 2.01. The number of rotatable bonds is 5. The van der Waals surface area contributed by atoms with Crippen molar-refractivity contribution in [3.05, 3.63) is 88.9 Å². The van der Waals surface area contributed by atoms with E-state index >= 15 is 0 Å². The number of hydrogen-bond donors (Lipinski definition) is 0. The molecular formula is C20H15BrN4O.